The maximum absolute atomic E-state index is 12.3. The highest BCUT2D eigenvalue weighted by Gasteiger charge is 2.23. The molecule has 0 unspecified atom stereocenters. The number of hydrogen-bond donors (Lipinski definition) is 0. The molecule has 4 rings (SSSR count). The predicted octanol–water partition coefficient (Wildman–Crippen LogP) is 2.18. The lowest BCUT2D eigenvalue weighted by molar-refractivity contribution is -0.134. The van der Waals surface area contributed by atoms with E-state index in [4.69, 9.17) is 9.26 Å². The number of aromatic nitrogens is 4. The fourth-order valence-electron chi connectivity index (χ4n) is 3.27. The van der Waals surface area contributed by atoms with E-state index in [0.29, 0.717) is 44.4 Å². The van der Waals surface area contributed by atoms with E-state index in [2.05, 4.69) is 15.2 Å². The Morgan fingerprint density at radius 2 is 2.00 bits per heavy atom. The molecule has 1 amide bonds. The molecule has 0 bridgehead atoms. The number of nitrogens with zero attached hydrogens (tertiary/aromatic N) is 5. The number of carbonyl (C=O) groups excluding carboxylic acids is 1. The number of likely N-dealkylation sites (tertiary alicyclic amines) is 1. The van der Waals surface area contributed by atoms with E-state index in [1.165, 1.54) is 0 Å². The molecule has 3 aromatic rings. The summed E-state index contributed by atoms with van der Waals surface area (Å²) in [5.41, 5.74) is 0.911. The smallest absolute Gasteiger partial charge is 0.257 e. The number of hydrogen-bond acceptors (Lipinski definition) is 6. The Morgan fingerprint density at radius 3 is 2.75 bits per heavy atom. The largest absolute Gasteiger partial charge is 0.378 e. The molecule has 0 spiro atoms. The highest BCUT2D eigenvalue weighted by molar-refractivity contribution is 5.76. The van der Waals surface area contributed by atoms with Gasteiger partial charge in [-0.05, 0) is 31.0 Å². The number of benzene rings is 1. The lowest BCUT2D eigenvalue weighted by Gasteiger charge is -2.31. The molecule has 1 aromatic carbocycles. The van der Waals surface area contributed by atoms with Gasteiger partial charge in [-0.25, -0.2) is 0 Å². The van der Waals surface area contributed by atoms with Crippen LogP contribution in [0.25, 0.3) is 11.5 Å². The molecular weight excluding hydrogens is 358 g/mol. The van der Waals surface area contributed by atoms with Crippen LogP contribution in [0.3, 0.4) is 0 Å². The Hall–Kier alpha value is -3.00. The van der Waals surface area contributed by atoms with Gasteiger partial charge < -0.3 is 14.2 Å². The summed E-state index contributed by atoms with van der Waals surface area (Å²) in [6.45, 7) is 2.26. The van der Waals surface area contributed by atoms with Crippen LogP contribution in [0.15, 0.2) is 53.3 Å². The zero-order valence-electron chi connectivity index (χ0n) is 15.6. The summed E-state index contributed by atoms with van der Waals surface area (Å²) in [6, 6.07) is 11.5. The van der Waals surface area contributed by atoms with Gasteiger partial charge in [-0.2, -0.15) is 10.1 Å². The predicted molar refractivity (Wildman–Crippen MR) is 101 cm³/mol. The number of carbonyl (C=O) groups is 1. The lowest BCUT2D eigenvalue weighted by atomic mass is 10.1. The number of piperidine rings is 1. The van der Waals surface area contributed by atoms with Crippen LogP contribution in [0.5, 0.6) is 0 Å². The molecule has 0 radical (unpaired) electrons. The van der Waals surface area contributed by atoms with Crippen LogP contribution in [0.4, 0.5) is 0 Å². The van der Waals surface area contributed by atoms with E-state index < -0.39 is 0 Å². The molecule has 8 heteroatoms. The van der Waals surface area contributed by atoms with Gasteiger partial charge in [0.2, 0.25) is 5.91 Å². The maximum atomic E-state index is 12.3. The minimum absolute atomic E-state index is 0.0994. The summed E-state index contributed by atoms with van der Waals surface area (Å²) in [4.78, 5) is 18.6. The first-order valence-corrected chi connectivity index (χ1v) is 9.53. The van der Waals surface area contributed by atoms with Gasteiger partial charge in [-0.15, -0.1) is 0 Å². The van der Waals surface area contributed by atoms with Crippen molar-refractivity contribution >= 4 is 5.91 Å². The summed E-state index contributed by atoms with van der Waals surface area (Å²) >= 11 is 0. The van der Waals surface area contributed by atoms with Crippen molar-refractivity contribution in [2.75, 3.05) is 19.7 Å². The zero-order chi connectivity index (χ0) is 19.2. The third kappa shape index (κ3) is 4.64. The van der Waals surface area contributed by atoms with E-state index in [9.17, 15) is 4.79 Å². The molecule has 146 valence electrons. The second kappa shape index (κ2) is 8.79. The lowest BCUT2D eigenvalue weighted by Crippen LogP contribution is -2.42. The van der Waals surface area contributed by atoms with Gasteiger partial charge in [-0.3, -0.25) is 9.48 Å². The minimum atomic E-state index is 0.0994. The first-order chi connectivity index (χ1) is 13.8. The Bertz CT molecular complexity index is 870. The molecule has 3 heterocycles. The van der Waals surface area contributed by atoms with E-state index in [-0.39, 0.29) is 12.0 Å². The van der Waals surface area contributed by atoms with Crippen LogP contribution < -0.4 is 0 Å². The van der Waals surface area contributed by atoms with Crippen LogP contribution >= 0.6 is 0 Å². The van der Waals surface area contributed by atoms with Crippen LogP contribution in [0.1, 0.15) is 18.7 Å². The first kappa shape index (κ1) is 18.4. The summed E-state index contributed by atoms with van der Waals surface area (Å²) in [7, 11) is 0. The topological polar surface area (TPSA) is 86.3 Å². The van der Waals surface area contributed by atoms with Crippen molar-refractivity contribution in [3.63, 3.8) is 0 Å². The van der Waals surface area contributed by atoms with Crippen molar-refractivity contribution in [2.45, 2.75) is 31.9 Å². The molecule has 1 saturated heterocycles. The molecule has 2 aromatic heterocycles. The van der Waals surface area contributed by atoms with Crippen molar-refractivity contribution in [3.05, 3.63) is 54.6 Å². The normalized spacial score (nSPS) is 15.1. The third-order valence-corrected chi connectivity index (χ3v) is 4.82. The van der Waals surface area contributed by atoms with Gasteiger partial charge in [0, 0.05) is 37.5 Å². The first-order valence-electron chi connectivity index (χ1n) is 9.53. The molecule has 0 saturated carbocycles. The molecule has 0 atom stereocenters. The van der Waals surface area contributed by atoms with Crippen LogP contribution in [-0.2, 0) is 22.5 Å². The van der Waals surface area contributed by atoms with E-state index in [1.807, 2.05) is 41.3 Å². The summed E-state index contributed by atoms with van der Waals surface area (Å²) < 4.78 is 12.9. The zero-order valence-corrected chi connectivity index (χ0v) is 15.6. The van der Waals surface area contributed by atoms with Gasteiger partial charge in [0.25, 0.3) is 5.89 Å². The van der Waals surface area contributed by atoms with Crippen molar-refractivity contribution in [2.24, 2.45) is 0 Å². The van der Waals surface area contributed by atoms with Crippen LogP contribution in [0, 0.1) is 0 Å². The minimum Gasteiger partial charge on any atom is -0.378 e. The number of ether oxygens (including phenoxy) is 1. The van der Waals surface area contributed by atoms with E-state index in [0.717, 1.165) is 18.4 Å². The molecule has 0 N–H and O–H groups in total. The number of rotatable bonds is 7. The second-order valence-corrected chi connectivity index (χ2v) is 6.79. The second-order valence-electron chi connectivity index (χ2n) is 6.79. The van der Waals surface area contributed by atoms with E-state index >= 15 is 0 Å². The van der Waals surface area contributed by atoms with Gasteiger partial charge in [0.1, 0.15) is 6.54 Å². The molecular formula is C20H23N5O3. The molecule has 1 aliphatic rings. The van der Waals surface area contributed by atoms with Gasteiger partial charge >= 0.3 is 0 Å². The SMILES string of the molecule is O=C(Cn1cccn1)N1CCC(OCCc2noc(-c3ccccc3)n2)CC1. The van der Waals surface area contributed by atoms with Crippen LogP contribution in [0.2, 0.25) is 0 Å². The van der Waals surface area contributed by atoms with Crippen molar-refractivity contribution in [3.8, 4) is 11.5 Å². The Morgan fingerprint density at radius 1 is 1.18 bits per heavy atom. The Balaban J connectivity index is 1.18. The van der Waals surface area contributed by atoms with Gasteiger partial charge in [0.15, 0.2) is 5.82 Å². The number of amides is 1. The summed E-state index contributed by atoms with van der Waals surface area (Å²) in [5.74, 6) is 1.27. The Kier molecular flexibility index (Phi) is 5.77. The van der Waals surface area contributed by atoms with Gasteiger partial charge in [-0.1, -0.05) is 23.4 Å². The van der Waals surface area contributed by atoms with Gasteiger partial charge in [0.05, 0.1) is 12.7 Å². The average Bonchev–Trinajstić information content (AvgIpc) is 3.41. The Labute approximate surface area is 163 Å². The quantitative estimate of drug-likeness (QED) is 0.624. The van der Waals surface area contributed by atoms with Crippen LogP contribution in [-0.4, -0.2) is 56.5 Å². The van der Waals surface area contributed by atoms with Crippen molar-refractivity contribution in [1.29, 1.82) is 0 Å². The highest BCUT2D eigenvalue weighted by Crippen LogP contribution is 2.17. The van der Waals surface area contributed by atoms with Crippen molar-refractivity contribution in [1.82, 2.24) is 24.8 Å². The third-order valence-electron chi connectivity index (χ3n) is 4.82. The maximum Gasteiger partial charge on any atom is 0.257 e. The van der Waals surface area contributed by atoms with E-state index in [1.54, 1.807) is 17.1 Å². The molecule has 0 aliphatic carbocycles. The summed E-state index contributed by atoms with van der Waals surface area (Å²) in [6.07, 6.45) is 5.93. The molecule has 8 nitrogen and oxygen atoms in total. The summed E-state index contributed by atoms with van der Waals surface area (Å²) in [5, 5.41) is 8.10. The molecule has 1 aliphatic heterocycles. The average molecular weight is 381 g/mol. The fourth-order valence-corrected chi connectivity index (χ4v) is 3.27. The fraction of sp³-hybridized carbons (Fsp3) is 0.400. The molecule has 28 heavy (non-hydrogen) atoms. The van der Waals surface area contributed by atoms with Crippen molar-refractivity contribution < 1.29 is 14.1 Å². The molecule has 1 fully saturated rings. The highest BCUT2D eigenvalue weighted by atomic mass is 16.5. The monoisotopic (exact) mass is 381 g/mol. The standard InChI is InChI=1S/C20H23N5O3/c26-19(15-25-11-4-10-21-25)24-12-7-17(8-13-24)27-14-9-18-22-20(28-23-18)16-5-2-1-3-6-16/h1-6,10-11,17H,7-9,12-15H2.